The molecule has 0 spiro atoms. The van der Waals surface area contributed by atoms with E-state index in [1.807, 2.05) is 6.92 Å². The molecule has 0 radical (unpaired) electrons. The van der Waals surface area contributed by atoms with Gasteiger partial charge in [0.25, 0.3) is 0 Å². The van der Waals surface area contributed by atoms with Crippen LogP contribution in [0, 0.1) is 0 Å². The second kappa shape index (κ2) is 22.6. The zero-order valence-electron chi connectivity index (χ0n) is 22.0. The molecule has 186 valence electrons. The molecule has 0 saturated carbocycles. The van der Waals surface area contributed by atoms with E-state index in [0.717, 1.165) is 11.0 Å². The number of esters is 1. The zero-order chi connectivity index (χ0) is 23.0. The van der Waals surface area contributed by atoms with E-state index in [4.69, 9.17) is 4.74 Å². The Balaban J connectivity index is 3.22. The SMILES string of the molecule is CCCCCCCCCCCCCCCCCCCCCC[N+](C)(C)CC(=O)OCC. The topological polar surface area (TPSA) is 26.3 Å². The van der Waals surface area contributed by atoms with Crippen LogP contribution < -0.4 is 0 Å². The van der Waals surface area contributed by atoms with Gasteiger partial charge in [0.05, 0.1) is 27.2 Å². The number of carbonyl (C=O) groups is 1. The fourth-order valence-electron chi connectivity index (χ4n) is 4.43. The van der Waals surface area contributed by atoms with Crippen LogP contribution in [0.5, 0.6) is 0 Å². The second-order valence-corrected chi connectivity index (χ2v) is 10.3. The van der Waals surface area contributed by atoms with Gasteiger partial charge >= 0.3 is 5.97 Å². The maximum atomic E-state index is 11.6. The third kappa shape index (κ3) is 23.9. The van der Waals surface area contributed by atoms with Crippen molar-refractivity contribution in [2.75, 3.05) is 33.8 Å². The minimum atomic E-state index is -0.0688. The summed E-state index contributed by atoms with van der Waals surface area (Å²) in [5, 5.41) is 0. The summed E-state index contributed by atoms with van der Waals surface area (Å²) in [5.41, 5.74) is 0. The fourth-order valence-corrected chi connectivity index (χ4v) is 4.43. The van der Waals surface area contributed by atoms with E-state index >= 15 is 0 Å². The number of hydrogen-bond donors (Lipinski definition) is 0. The van der Waals surface area contributed by atoms with E-state index in [1.54, 1.807) is 0 Å². The van der Waals surface area contributed by atoms with Crippen LogP contribution >= 0.6 is 0 Å². The molecule has 0 amide bonds. The van der Waals surface area contributed by atoms with Crippen LogP contribution in [0.4, 0.5) is 0 Å². The first-order chi connectivity index (χ1) is 15.0. The highest BCUT2D eigenvalue weighted by molar-refractivity contribution is 5.70. The van der Waals surface area contributed by atoms with Crippen LogP contribution in [0.3, 0.4) is 0 Å². The number of likely N-dealkylation sites (N-methyl/N-ethyl adjacent to an activating group) is 1. The molecular weight excluding hydrogens is 382 g/mol. The summed E-state index contributed by atoms with van der Waals surface area (Å²) in [5.74, 6) is -0.0688. The maximum absolute atomic E-state index is 11.6. The summed E-state index contributed by atoms with van der Waals surface area (Å²) in [4.78, 5) is 11.6. The Kier molecular flexibility index (Phi) is 22.2. The Labute approximate surface area is 196 Å². The van der Waals surface area contributed by atoms with Crippen LogP contribution in [0.1, 0.15) is 142 Å². The molecule has 0 rings (SSSR count). The molecule has 0 N–H and O–H groups in total. The summed E-state index contributed by atoms with van der Waals surface area (Å²) in [6.45, 7) is 6.21. The van der Waals surface area contributed by atoms with Gasteiger partial charge in [0.2, 0.25) is 0 Å². The summed E-state index contributed by atoms with van der Waals surface area (Å²) < 4.78 is 5.82. The van der Waals surface area contributed by atoms with Crippen molar-refractivity contribution in [2.45, 2.75) is 142 Å². The molecule has 0 saturated heterocycles. The van der Waals surface area contributed by atoms with Crippen LogP contribution in [0.15, 0.2) is 0 Å². The van der Waals surface area contributed by atoms with Crippen molar-refractivity contribution in [3.63, 3.8) is 0 Å². The Morgan fingerprint density at radius 1 is 0.548 bits per heavy atom. The number of carbonyl (C=O) groups excluding carboxylic acids is 1. The Morgan fingerprint density at radius 3 is 1.19 bits per heavy atom. The lowest BCUT2D eigenvalue weighted by atomic mass is 10.0. The van der Waals surface area contributed by atoms with Crippen molar-refractivity contribution in [1.82, 2.24) is 0 Å². The summed E-state index contributed by atoms with van der Waals surface area (Å²) in [6, 6.07) is 0. The van der Waals surface area contributed by atoms with Crippen molar-refractivity contribution in [1.29, 1.82) is 0 Å². The van der Waals surface area contributed by atoms with E-state index < -0.39 is 0 Å². The molecule has 31 heavy (non-hydrogen) atoms. The van der Waals surface area contributed by atoms with Gasteiger partial charge in [-0.2, -0.15) is 0 Å². The number of hydrogen-bond acceptors (Lipinski definition) is 2. The highest BCUT2D eigenvalue weighted by atomic mass is 16.5. The van der Waals surface area contributed by atoms with E-state index in [9.17, 15) is 4.79 Å². The molecular formula is C28H58NO2+. The number of nitrogens with zero attached hydrogens (tertiary/aromatic N) is 1. The van der Waals surface area contributed by atoms with Gasteiger partial charge in [-0.25, -0.2) is 4.79 Å². The molecule has 3 heteroatoms. The van der Waals surface area contributed by atoms with Gasteiger partial charge in [-0.1, -0.05) is 122 Å². The molecule has 0 atom stereocenters. The molecule has 0 fully saturated rings. The molecule has 0 heterocycles. The van der Waals surface area contributed by atoms with Crippen molar-refractivity contribution < 1.29 is 14.0 Å². The first-order valence-electron chi connectivity index (χ1n) is 14.0. The molecule has 0 aliphatic carbocycles. The average molecular weight is 441 g/mol. The van der Waals surface area contributed by atoms with Crippen molar-refractivity contribution in [2.24, 2.45) is 0 Å². The Morgan fingerprint density at radius 2 is 0.871 bits per heavy atom. The molecule has 0 aromatic rings. The molecule has 3 nitrogen and oxygen atoms in total. The largest absolute Gasteiger partial charge is 0.462 e. The van der Waals surface area contributed by atoms with E-state index in [0.29, 0.717) is 13.2 Å². The first-order valence-corrected chi connectivity index (χ1v) is 14.0. The number of rotatable bonds is 24. The fraction of sp³-hybridized carbons (Fsp3) is 0.964. The third-order valence-electron chi connectivity index (χ3n) is 6.48. The van der Waals surface area contributed by atoms with Gasteiger partial charge < -0.3 is 9.22 Å². The predicted molar refractivity (Wildman–Crippen MR) is 136 cm³/mol. The second-order valence-electron chi connectivity index (χ2n) is 10.3. The molecule has 0 aliphatic heterocycles. The Bertz CT molecular complexity index is 381. The van der Waals surface area contributed by atoms with Gasteiger partial charge in [-0.05, 0) is 19.8 Å². The van der Waals surface area contributed by atoms with Gasteiger partial charge in [0, 0.05) is 0 Å². The van der Waals surface area contributed by atoms with Gasteiger partial charge in [-0.15, -0.1) is 0 Å². The number of unbranched alkanes of at least 4 members (excludes halogenated alkanes) is 19. The number of quaternary nitrogens is 1. The van der Waals surface area contributed by atoms with E-state index in [1.165, 1.54) is 128 Å². The lowest BCUT2D eigenvalue weighted by Crippen LogP contribution is -2.45. The highest BCUT2D eigenvalue weighted by Gasteiger charge is 2.20. The first kappa shape index (κ1) is 30.4. The van der Waals surface area contributed by atoms with E-state index in [-0.39, 0.29) is 5.97 Å². The van der Waals surface area contributed by atoms with Crippen molar-refractivity contribution >= 4 is 5.97 Å². The smallest absolute Gasteiger partial charge is 0.361 e. The van der Waals surface area contributed by atoms with Gasteiger partial charge in [0.1, 0.15) is 0 Å². The average Bonchev–Trinajstić information content (AvgIpc) is 2.72. The molecule has 0 aromatic carbocycles. The summed E-state index contributed by atoms with van der Waals surface area (Å²) >= 11 is 0. The van der Waals surface area contributed by atoms with Crippen LogP contribution in [0.25, 0.3) is 0 Å². The monoisotopic (exact) mass is 440 g/mol. The highest BCUT2D eigenvalue weighted by Crippen LogP contribution is 2.15. The molecule has 0 aromatic heterocycles. The standard InChI is InChI=1S/C28H58NO2/c1-5-7-8-9-10-11-12-13-14-15-16-17-18-19-20-21-22-23-24-25-26-29(3,4)27-28(30)31-6-2/h5-27H2,1-4H3/q+1. The van der Waals surface area contributed by atoms with Crippen molar-refractivity contribution in [3.8, 4) is 0 Å². The van der Waals surface area contributed by atoms with Crippen LogP contribution in [-0.4, -0.2) is 44.2 Å². The molecule has 0 aliphatic rings. The molecule has 0 unspecified atom stereocenters. The summed E-state index contributed by atoms with van der Waals surface area (Å²) in [6.07, 6.45) is 28.3. The van der Waals surface area contributed by atoms with Crippen molar-refractivity contribution in [3.05, 3.63) is 0 Å². The third-order valence-corrected chi connectivity index (χ3v) is 6.48. The minimum Gasteiger partial charge on any atom is -0.462 e. The lowest BCUT2D eigenvalue weighted by Gasteiger charge is -2.28. The van der Waals surface area contributed by atoms with E-state index in [2.05, 4.69) is 21.0 Å². The minimum absolute atomic E-state index is 0.0688. The molecule has 0 bridgehead atoms. The van der Waals surface area contributed by atoms with Gasteiger partial charge in [0.15, 0.2) is 6.54 Å². The zero-order valence-corrected chi connectivity index (χ0v) is 22.0. The number of ether oxygens (including phenoxy) is 1. The normalized spacial score (nSPS) is 11.7. The van der Waals surface area contributed by atoms with Gasteiger partial charge in [-0.3, -0.25) is 0 Å². The quantitative estimate of drug-likeness (QED) is 0.0854. The summed E-state index contributed by atoms with van der Waals surface area (Å²) in [7, 11) is 4.26. The predicted octanol–water partition coefficient (Wildman–Crippen LogP) is 8.45. The Hall–Kier alpha value is -0.570. The lowest BCUT2D eigenvalue weighted by molar-refractivity contribution is -0.883. The maximum Gasteiger partial charge on any atom is 0.361 e. The van der Waals surface area contributed by atoms with Crippen LogP contribution in [0.2, 0.25) is 0 Å². The van der Waals surface area contributed by atoms with Crippen LogP contribution in [-0.2, 0) is 9.53 Å².